The van der Waals surface area contributed by atoms with Gasteiger partial charge in [0.1, 0.15) is 11.8 Å². The Bertz CT molecular complexity index is 1000. The molecule has 0 aromatic heterocycles. The second kappa shape index (κ2) is 7.10. The van der Waals surface area contributed by atoms with Gasteiger partial charge in [0.15, 0.2) is 5.41 Å². The van der Waals surface area contributed by atoms with Gasteiger partial charge in [0.2, 0.25) is 5.91 Å². The quantitative estimate of drug-likeness (QED) is 0.844. The molecular weight excluding hydrogens is 354 g/mol. The van der Waals surface area contributed by atoms with Gasteiger partial charge in [-0.1, -0.05) is 18.2 Å². The zero-order valence-electron chi connectivity index (χ0n) is 15.6. The maximum Gasteiger partial charge on any atom is 0.219 e. The monoisotopic (exact) mass is 373 g/mol. The number of rotatable bonds is 2. The van der Waals surface area contributed by atoms with E-state index < -0.39 is 17.3 Å². The van der Waals surface area contributed by atoms with Crippen LogP contribution in [0.25, 0.3) is 0 Å². The van der Waals surface area contributed by atoms with Crippen LogP contribution in [-0.2, 0) is 4.79 Å². The molecule has 2 aliphatic rings. The highest BCUT2D eigenvalue weighted by atomic mass is 16.5. The average Bonchev–Trinajstić information content (AvgIpc) is 2.72. The number of amides is 1. The largest absolute Gasteiger partial charge is 0.497 e. The summed E-state index contributed by atoms with van der Waals surface area (Å²) in [6, 6.07) is 13.4. The number of benzene rings is 1. The number of nitrogens with two attached hydrogens (primary N) is 1. The van der Waals surface area contributed by atoms with Gasteiger partial charge in [-0.25, -0.2) is 0 Å². The number of hydrogen-bond donors (Lipinski definition) is 1. The lowest BCUT2D eigenvalue weighted by atomic mass is 9.58. The predicted molar refractivity (Wildman–Crippen MR) is 100 cm³/mol. The Morgan fingerprint density at radius 1 is 1.32 bits per heavy atom. The molecule has 28 heavy (non-hydrogen) atoms. The topological polar surface area (TPSA) is 127 Å². The van der Waals surface area contributed by atoms with Crippen LogP contribution in [0.15, 0.2) is 47.2 Å². The van der Waals surface area contributed by atoms with Crippen molar-refractivity contribution in [2.75, 3.05) is 20.2 Å². The van der Waals surface area contributed by atoms with Gasteiger partial charge in [0.25, 0.3) is 0 Å². The summed E-state index contributed by atoms with van der Waals surface area (Å²) in [4.78, 5) is 13.6. The molecule has 140 valence electrons. The Kier molecular flexibility index (Phi) is 4.82. The first-order valence-electron chi connectivity index (χ1n) is 8.76. The van der Waals surface area contributed by atoms with Crippen molar-refractivity contribution in [1.82, 2.24) is 4.90 Å². The van der Waals surface area contributed by atoms with Gasteiger partial charge < -0.3 is 15.4 Å². The Morgan fingerprint density at radius 2 is 2.04 bits per heavy atom. The van der Waals surface area contributed by atoms with Crippen molar-refractivity contribution in [3.8, 4) is 24.0 Å². The Morgan fingerprint density at radius 3 is 2.61 bits per heavy atom. The van der Waals surface area contributed by atoms with Crippen molar-refractivity contribution < 1.29 is 9.53 Å². The van der Waals surface area contributed by atoms with Crippen molar-refractivity contribution >= 4 is 5.91 Å². The van der Waals surface area contributed by atoms with Crippen molar-refractivity contribution in [1.29, 1.82) is 15.8 Å². The second-order valence-electron chi connectivity index (χ2n) is 6.88. The summed E-state index contributed by atoms with van der Waals surface area (Å²) in [5.41, 5.74) is 6.04. The molecule has 1 amide bonds. The molecule has 0 saturated heterocycles. The molecule has 7 heteroatoms. The van der Waals surface area contributed by atoms with Gasteiger partial charge in [-0.2, -0.15) is 15.8 Å². The van der Waals surface area contributed by atoms with E-state index in [0.29, 0.717) is 30.0 Å². The molecule has 1 aliphatic heterocycles. The third kappa shape index (κ3) is 2.68. The summed E-state index contributed by atoms with van der Waals surface area (Å²) in [6.45, 7) is 2.13. The first-order chi connectivity index (χ1) is 13.4. The summed E-state index contributed by atoms with van der Waals surface area (Å²) < 4.78 is 5.31. The molecule has 0 radical (unpaired) electrons. The number of allylic oxidation sites excluding steroid dienone is 2. The Labute approximate surface area is 163 Å². The van der Waals surface area contributed by atoms with Crippen LogP contribution >= 0.6 is 0 Å². The van der Waals surface area contributed by atoms with Crippen LogP contribution in [0.1, 0.15) is 18.4 Å². The minimum atomic E-state index is -1.72. The van der Waals surface area contributed by atoms with Crippen molar-refractivity contribution in [2.24, 2.45) is 17.1 Å². The van der Waals surface area contributed by atoms with E-state index in [9.17, 15) is 20.6 Å². The van der Waals surface area contributed by atoms with Crippen molar-refractivity contribution in [3.63, 3.8) is 0 Å². The fraction of sp³-hybridized carbons (Fsp3) is 0.333. The number of nitrogens with zero attached hydrogens (tertiary/aromatic N) is 4. The van der Waals surface area contributed by atoms with Gasteiger partial charge in [0, 0.05) is 31.8 Å². The molecule has 0 saturated carbocycles. The van der Waals surface area contributed by atoms with Crippen LogP contribution in [-0.4, -0.2) is 31.0 Å². The van der Waals surface area contributed by atoms with E-state index in [1.165, 1.54) is 14.0 Å². The fourth-order valence-electron chi connectivity index (χ4n) is 4.15. The van der Waals surface area contributed by atoms with Crippen molar-refractivity contribution in [2.45, 2.75) is 12.8 Å². The highest BCUT2D eigenvalue weighted by Gasteiger charge is 2.54. The maximum absolute atomic E-state index is 12.0. The molecule has 2 atom stereocenters. The highest BCUT2D eigenvalue weighted by Crippen LogP contribution is 2.54. The normalized spacial score (nSPS) is 22.8. The smallest absolute Gasteiger partial charge is 0.219 e. The molecular formula is C21H19N5O2. The first kappa shape index (κ1) is 19.0. The Hall–Kier alpha value is -3.76. The van der Waals surface area contributed by atoms with E-state index in [0.717, 1.165) is 0 Å². The number of fused-ring (bicyclic) bond motifs is 1. The number of nitriles is 3. The molecule has 1 aromatic rings. The third-order valence-corrected chi connectivity index (χ3v) is 5.56. The third-order valence-electron chi connectivity index (χ3n) is 5.56. The summed E-state index contributed by atoms with van der Waals surface area (Å²) in [5, 5.41) is 29.7. The SMILES string of the molecule is COc1cccc([C@H]2[C@@H]3CN(C(C)=O)CC=C3C(C#N)=C(N)C2(C#N)C#N)c1. The molecule has 2 N–H and O–H groups in total. The number of methoxy groups -OCH3 is 1. The maximum atomic E-state index is 12.0. The molecule has 0 unspecified atom stereocenters. The molecule has 0 spiro atoms. The van der Waals surface area contributed by atoms with Gasteiger partial charge in [0.05, 0.1) is 30.5 Å². The number of hydrogen-bond acceptors (Lipinski definition) is 6. The van der Waals surface area contributed by atoms with Gasteiger partial charge in [-0.05, 0) is 23.3 Å². The highest BCUT2D eigenvalue weighted by molar-refractivity contribution is 5.74. The lowest BCUT2D eigenvalue weighted by molar-refractivity contribution is -0.129. The van der Waals surface area contributed by atoms with Crippen LogP contribution < -0.4 is 10.5 Å². The van der Waals surface area contributed by atoms with E-state index in [-0.39, 0.29) is 17.2 Å². The molecule has 1 aromatic carbocycles. The number of carbonyl (C=O) groups excluding carboxylic acids is 1. The average molecular weight is 373 g/mol. The second-order valence-corrected chi connectivity index (χ2v) is 6.88. The van der Waals surface area contributed by atoms with E-state index in [1.54, 1.807) is 29.2 Å². The number of carbonyl (C=O) groups is 1. The first-order valence-corrected chi connectivity index (χ1v) is 8.76. The minimum Gasteiger partial charge on any atom is -0.497 e. The molecule has 1 aliphatic carbocycles. The van der Waals surface area contributed by atoms with E-state index in [1.807, 2.05) is 6.07 Å². The summed E-state index contributed by atoms with van der Waals surface area (Å²) in [5.74, 6) is -0.588. The van der Waals surface area contributed by atoms with Gasteiger partial charge >= 0.3 is 0 Å². The predicted octanol–water partition coefficient (Wildman–Crippen LogP) is 1.97. The molecule has 1 heterocycles. The summed E-state index contributed by atoms with van der Waals surface area (Å²) in [6.07, 6.45) is 1.80. The molecule has 0 fully saturated rings. The molecule has 7 nitrogen and oxygen atoms in total. The summed E-state index contributed by atoms with van der Waals surface area (Å²) >= 11 is 0. The minimum absolute atomic E-state index is 0.0356. The zero-order valence-corrected chi connectivity index (χ0v) is 15.6. The molecule has 0 bridgehead atoms. The molecule has 3 rings (SSSR count). The lowest BCUT2D eigenvalue weighted by Crippen LogP contribution is -2.48. The zero-order chi connectivity index (χ0) is 20.5. The van der Waals surface area contributed by atoms with Crippen LogP contribution in [0.2, 0.25) is 0 Å². The van der Waals surface area contributed by atoms with Crippen LogP contribution in [0, 0.1) is 45.3 Å². The van der Waals surface area contributed by atoms with E-state index >= 15 is 0 Å². The van der Waals surface area contributed by atoms with E-state index in [2.05, 4.69) is 18.2 Å². The van der Waals surface area contributed by atoms with Crippen molar-refractivity contribution in [3.05, 3.63) is 52.7 Å². The van der Waals surface area contributed by atoms with Crippen LogP contribution in [0.5, 0.6) is 5.75 Å². The van der Waals surface area contributed by atoms with Crippen LogP contribution in [0.3, 0.4) is 0 Å². The van der Waals surface area contributed by atoms with Gasteiger partial charge in [-0.3, -0.25) is 4.79 Å². The Balaban J connectivity index is 2.31. The van der Waals surface area contributed by atoms with Crippen LogP contribution in [0.4, 0.5) is 0 Å². The number of ether oxygens (including phenoxy) is 1. The standard InChI is InChI=1S/C21H19N5O2/c1-13(27)26-7-6-16-17(9-22)20(25)21(11-23,12-24)19(18(16)10-26)14-4-3-5-15(8-14)28-2/h3-6,8,18-19H,7,10,25H2,1-2H3/t18-,19+/m1/s1. The lowest BCUT2D eigenvalue weighted by Gasteiger charge is -2.45. The van der Waals surface area contributed by atoms with E-state index in [4.69, 9.17) is 10.5 Å². The van der Waals surface area contributed by atoms with Gasteiger partial charge in [-0.15, -0.1) is 0 Å². The fourth-order valence-corrected chi connectivity index (χ4v) is 4.15. The summed E-state index contributed by atoms with van der Waals surface area (Å²) in [7, 11) is 1.54.